The molecular formula is C19H19N5O2. The van der Waals surface area contributed by atoms with Crippen LogP contribution in [0.15, 0.2) is 59.8 Å². The first-order chi connectivity index (χ1) is 12.7. The summed E-state index contributed by atoms with van der Waals surface area (Å²) in [5.41, 5.74) is 1.86. The second-order valence-electron chi connectivity index (χ2n) is 6.25. The molecule has 7 heteroatoms. The normalized spacial score (nSPS) is 14.7. The van der Waals surface area contributed by atoms with E-state index in [1.165, 1.54) is 12.4 Å². The highest BCUT2D eigenvalue weighted by molar-refractivity contribution is 5.55. The summed E-state index contributed by atoms with van der Waals surface area (Å²) in [5.74, 6) is 0.576. The van der Waals surface area contributed by atoms with Gasteiger partial charge in [-0.1, -0.05) is 30.3 Å². The summed E-state index contributed by atoms with van der Waals surface area (Å²) in [5, 5.41) is 10.6. The van der Waals surface area contributed by atoms with E-state index in [4.69, 9.17) is 0 Å². The van der Waals surface area contributed by atoms with Crippen molar-refractivity contribution >= 4 is 5.95 Å². The molecule has 0 amide bonds. The second kappa shape index (κ2) is 7.05. The lowest BCUT2D eigenvalue weighted by atomic mass is 10.1. The highest BCUT2D eigenvalue weighted by Gasteiger charge is 2.23. The number of aliphatic hydroxyl groups is 1. The zero-order valence-corrected chi connectivity index (χ0v) is 14.2. The summed E-state index contributed by atoms with van der Waals surface area (Å²) < 4.78 is 1.66. The number of rotatable bonds is 4. The smallest absolute Gasteiger partial charge is 0.255 e. The van der Waals surface area contributed by atoms with Gasteiger partial charge < -0.3 is 10.0 Å². The van der Waals surface area contributed by atoms with Crippen molar-refractivity contribution in [3.8, 4) is 11.4 Å². The van der Waals surface area contributed by atoms with Crippen molar-refractivity contribution in [2.75, 3.05) is 18.0 Å². The van der Waals surface area contributed by atoms with Crippen molar-refractivity contribution in [3.63, 3.8) is 0 Å². The molecule has 1 aromatic carbocycles. The van der Waals surface area contributed by atoms with Gasteiger partial charge in [0.25, 0.3) is 5.56 Å². The Kier molecular flexibility index (Phi) is 4.45. The summed E-state index contributed by atoms with van der Waals surface area (Å²) in [6.45, 7) is 1.75. The number of anilines is 1. The molecule has 2 aromatic heterocycles. The molecular weight excluding hydrogens is 330 g/mol. The first-order valence-electron chi connectivity index (χ1n) is 8.58. The maximum Gasteiger partial charge on any atom is 0.255 e. The molecule has 0 unspecified atom stereocenters. The van der Waals surface area contributed by atoms with Crippen molar-refractivity contribution in [2.45, 2.75) is 19.1 Å². The van der Waals surface area contributed by atoms with E-state index in [1.54, 1.807) is 16.8 Å². The van der Waals surface area contributed by atoms with E-state index in [-0.39, 0.29) is 5.56 Å². The molecule has 0 fully saturated rings. The second-order valence-corrected chi connectivity index (χ2v) is 6.25. The maximum atomic E-state index is 12.5. The van der Waals surface area contributed by atoms with Gasteiger partial charge in [0.05, 0.1) is 24.0 Å². The Hall–Kier alpha value is -3.06. The van der Waals surface area contributed by atoms with Crippen molar-refractivity contribution < 1.29 is 5.11 Å². The lowest BCUT2D eigenvalue weighted by Crippen LogP contribution is -2.40. The molecule has 0 saturated heterocycles. The lowest BCUT2D eigenvalue weighted by molar-refractivity contribution is 0.181. The molecule has 0 radical (unpaired) electrons. The van der Waals surface area contributed by atoms with Crippen molar-refractivity contribution in [1.29, 1.82) is 0 Å². The molecule has 0 spiro atoms. The standard InChI is InChI=1S/C19H19N5O2/c25-17(14-5-2-1-3-6-14)12-23-9-4-10-24-18(26)11-16(22-19(23)24)15-7-8-20-13-21-15/h1-3,5-8,11,13,17,25H,4,9-10,12H2/t17-/m0/s1. The molecule has 0 saturated carbocycles. The van der Waals surface area contributed by atoms with Gasteiger partial charge >= 0.3 is 0 Å². The number of fused-ring (bicyclic) bond motifs is 1. The fourth-order valence-electron chi connectivity index (χ4n) is 3.20. The number of benzene rings is 1. The molecule has 132 valence electrons. The van der Waals surface area contributed by atoms with Gasteiger partial charge in [-0.05, 0) is 18.1 Å². The van der Waals surface area contributed by atoms with Gasteiger partial charge in [0, 0.05) is 25.4 Å². The van der Waals surface area contributed by atoms with Crippen LogP contribution in [-0.2, 0) is 6.54 Å². The zero-order valence-electron chi connectivity index (χ0n) is 14.2. The highest BCUT2D eigenvalue weighted by Crippen LogP contribution is 2.23. The van der Waals surface area contributed by atoms with Crippen molar-refractivity contribution in [3.05, 3.63) is 70.9 Å². The minimum Gasteiger partial charge on any atom is -0.387 e. The summed E-state index contributed by atoms with van der Waals surface area (Å²) >= 11 is 0. The molecule has 3 heterocycles. The molecule has 1 atom stereocenters. The Morgan fingerprint density at radius 2 is 1.96 bits per heavy atom. The topological polar surface area (TPSA) is 84.1 Å². The number of β-amino-alcohol motifs (C(OH)–C–C–N with tert-alkyl or cyclic N) is 1. The van der Waals surface area contributed by atoms with Crippen LogP contribution in [0.3, 0.4) is 0 Å². The molecule has 26 heavy (non-hydrogen) atoms. The van der Waals surface area contributed by atoms with Crippen LogP contribution in [-0.4, -0.2) is 37.7 Å². The first kappa shape index (κ1) is 16.4. The van der Waals surface area contributed by atoms with E-state index in [9.17, 15) is 9.90 Å². The molecule has 1 aliphatic heterocycles. The van der Waals surface area contributed by atoms with Crippen LogP contribution < -0.4 is 10.5 Å². The summed E-state index contributed by atoms with van der Waals surface area (Å²) in [7, 11) is 0. The predicted molar refractivity (Wildman–Crippen MR) is 97.8 cm³/mol. The van der Waals surface area contributed by atoms with Gasteiger partial charge in [0.15, 0.2) is 0 Å². The minimum atomic E-state index is -0.651. The van der Waals surface area contributed by atoms with Gasteiger partial charge in [0.2, 0.25) is 5.95 Å². The van der Waals surface area contributed by atoms with Gasteiger partial charge in [-0.2, -0.15) is 0 Å². The molecule has 4 rings (SSSR count). The van der Waals surface area contributed by atoms with Gasteiger partial charge in [-0.25, -0.2) is 15.0 Å². The quantitative estimate of drug-likeness (QED) is 0.771. The number of aromatic nitrogens is 4. The van der Waals surface area contributed by atoms with Gasteiger partial charge in [-0.15, -0.1) is 0 Å². The Morgan fingerprint density at radius 1 is 1.12 bits per heavy atom. The molecule has 0 bridgehead atoms. The number of aliphatic hydroxyl groups excluding tert-OH is 1. The van der Waals surface area contributed by atoms with Crippen LogP contribution in [0.2, 0.25) is 0 Å². The van der Waals surface area contributed by atoms with Crippen molar-refractivity contribution in [1.82, 2.24) is 19.5 Å². The van der Waals surface area contributed by atoms with Crippen molar-refractivity contribution in [2.24, 2.45) is 0 Å². The Morgan fingerprint density at radius 3 is 2.73 bits per heavy atom. The van der Waals surface area contributed by atoms with E-state index in [1.807, 2.05) is 35.2 Å². The third kappa shape index (κ3) is 3.21. The number of nitrogens with zero attached hydrogens (tertiary/aromatic N) is 5. The molecule has 0 aliphatic carbocycles. The monoisotopic (exact) mass is 349 g/mol. The largest absolute Gasteiger partial charge is 0.387 e. The van der Waals surface area contributed by atoms with Crippen LogP contribution in [0.25, 0.3) is 11.4 Å². The molecule has 1 N–H and O–H groups in total. The number of hydrogen-bond donors (Lipinski definition) is 1. The van der Waals surface area contributed by atoms with E-state index >= 15 is 0 Å². The average molecular weight is 349 g/mol. The van der Waals surface area contributed by atoms with Crippen LogP contribution in [0, 0.1) is 0 Å². The van der Waals surface area contributed by atoms with E-state index < -0.39 is 6.10 Å². The van der Waals surface area contributed by atoms with E-state index in [0.29, 0.717) is 30.4 Å². The summed E-state index contributed by atoms with van der Waals surface area (Å²) in [4.78, 5) is 27.3. The minimum absolute atomic E-state index is 0.109. The fraction of sp³-hybridized carbons (Fsp3) is 0.263. The predicted octanol–water partition coefficient (Wildman–Crippen LogP) is 1.64. The first-order valence-corrected chi connectivity index (χ1v) is 8.58. The van der Waals surface area contributed by atoms with Crippen LogP contribution in [0.5, 0.6) is 0 Å². The zero-order chi connectivity index (χ0) is 17.9. The SMILES string of the molecule is O=c1cc(-c2ccncn2)nc2n1CCCN2C[C@H](O)c1ccccc1. The highest BCUT2D eigenvalue weighted by atomic mass is 16.3. The van der Waals surface area contributed by atoms with Gasteiger partial charge in [-0.3, -0.25) is 9.36 Å². The average Bonchev–Trinajstić information content (AvgIpc) is 2.70. The number of hydrogen-bond acceptors (Lipinski definition) is 6. The van der Waals surface area contributed by atoms with Gasteiger partial charge in [0.1, 0.15) is 6.33 Å². The van der Waals surface area contributed by atoms with E-state index in [2.05, 4.69) is 15.0 Å². The summed E-state index contributed by atoms with van der Waals surface area (Å²) in [6, 6.07) is 12.7. The van der Waals surface area contributed by atoms with Crippen LogP contribution >= 0.6 is 0 Å². The molecule has 1 aliphatic rings. The Labute approximate surface area is 150 Å². The Bertz CT molecular complexity index is 943. The lowest BCUT2D eigenvalue weighted by Gasteiger charge is -2.32. The molecule has 3 aromatic rings. The third-order valence-electron chi connectivity index (χ3n) is 4.50. The Balaban J connectivity index is 1.68. The molecule has 7 nitrogen and oxygen atoms in total. The summed E-state index contributed by atoms with van der Waals surface area (Å²) in [6.07, 6.45) is 3.24. The van der Waals surface area contributed by atoms with Crippen LogP contribution in [0.4, 0.5) is 5.95 Å². The van der Waals surface area contributed by atoms with Crippen LogP contribution in [0.1, 0.15) is 18.1 Å². The fourth-order valence-corrected chi connectivity index (χ4v) is 3.20. The maximum absolute atomic E-state index is 12.5. The third-order valence-corrected chi connectivity index (χ3v) is 4.50. The van der Waals surface area contributed by atoms with E-state index in [0.717, 1.165) is 18.5 Å².